The Bertz CT molecular complexity index is 1230. The van der Waals surface area contributed by atoms with Gasteiger partial charge < -0.3 is 10.6 Å². The van der Waals surface area contributed by atoms with E-state index in [2.05, 4.69) is 25.8 Å². The summed E-state index contributed by atoms with van der Waals surface area (Å²) in [6.07, 6.45) is 0. The molecule has 33 heavy (non-hydrogen) atoms. The molecule has 0 radical (unpaired) electrons. The SMILES string of the molecule is CC(C)C(=O)Nc1ccccc1-c1nnc(SC(C)C(=O)Nc2c(F)cccc2F)[nH]c1=O. The Balaban J connectivity index is 1.77. The van der Waals surface area contributed by atoms with E-state index in [0.717, 1.165) is 23.9 Å². The van der Waals surface area contributed by atoms with Crippen LogP contribution >= 0.6 is 11.8 Å². The number of aromatic nitrogens is 3. The molecule has 1 atom stereocenters. The molecule has 3 N–H and O–H groups in total. The van der Waals surface area contributed by atoms with Crippen molar-refractivity contribution in [3.63, 3.8) is 0 Å². The number of hydrogen-bond acceptors (Lipinski definition) is 6. The van der Waals surface area contributed by atoms with Crippen molar-refractivity contribution in [2.75, 3.05) is 10.6 Å². The van der Waals surface area contributed by atoms with E-state index >= 15 is 0 Å². The second-order valence-electron chi connectivity index (χ2n) is 7.34. The minimum Gasteiger partial charge on any atom is -0.325 e. The van der Waals surface area contributed by atoms with Crippen LogP contribution in [0.4, 0.5) is 20.2 Å². The van der Waals surface area contributed by atoms with Crippen LogP contribution in [0.15, 0.2) is 52.4 Å². The first kappa shape index (κ1) is 24.1. The van der Waals surface area contributed by atoms with E-state index in [0.29, 0.717) is 11.3 Å². The first-order chi connectivity index (χ1) is 15.7. The fourth-order valence-electron chi connectivity index (χ4n) is 2.69. The highest BCUT2D eigenvalue weighted by molar-refractivity contribution is 8.00. The van der Waals surface area contributed by atoms with E-state index in [-0.39, 0.29) is 22.7 Å². The lowest BCUT2D eigenvalue weighted by atomic mass is 10.1. The van der Waals surface area contributed by atoms with Gasteiger partial charge >= 0.3 is 0 Å². The van der Waals surface area contributed by atoms with Gasteiger partial charge in [-0.25, -0.2) is 8.78 Å². The number of hydrogen-bond donors (Lipinski definition) is 3. The highest BCUT2D eigenvalue weighted by Gasteiger charge is 2.21. The second kappa shape index (κ2) is 10.3. The van der Waals surface area contributed by atoms with Gasteiger partial charge in [0.05, 0.1) is 10.9 Å². The summed E-state index contributed by atoms with van der Waals surface area (Å²) in [5, 5.41) is 12.1. The zero-order valence-electron chi connectivity index (χ0n) is 18.0. The predicted molar refractivity (Wildman–Crippen MR) is 122 cm³/mol. The fraction of sp³-hybridized carbons (Fsp3) is 0.227. The minimum absolute atomic E-state index is 0.00969. The predicted octanol–water partition coefficient (Wildman–Crippen LogP) is 3.82. The van der Waals surface area contributed by atoms with Crippen molar-refractivity contribution in [1.82, 2.24) is 15.2 Å². The van der Waals surface area contributed by atoms with Crippen molar-refractivity contribution in [1.29, 1.82) is 0 Å². The van der Waals surface area contributed by atoms with E-state index in [1.165, 1.54) is 13.0 Å². The largest absolute Gasteiger partial charge is 0.325 e. The number of nitrogens with one attached hydrogen (secondary N) is 3. The Morgan fingerprint density at radius 3 is 2.24 bits per heavy atom. The zero-order chi connectivity index (χ0) is 24.1. The first-order valence-corrected chi connectivity index (χ1v) is 10.8. The molecule has 1 aromatic heterocycles. The third-order valence-electron chi connectivity index (χ3n) is 4.51. The number of carbonyl (C=O) groups excluding carboxylic acids is 2. The van der Waals surface area contributed by atoms with Crippen LogP contribution in [0.1, 0.15) is 20.8 Å². The highest BCUT2D eigenvalue weighted by atomic mass is 32.2. The fourth-order valence-corrected chi connectivity index (χ4v) is 3.43. The molecule has 11 heteroatoms. The molecule has 2 amide bonds. The lowest BCUT2D eigenvalue weighted by molar-refractivity contribution is -0.119. The number of nitrogens with zero attached hydrogens (tertiary/aromatic N) is 2. The number of anilines is 2. The van der Waals surface area contributed by atoms with Gasteiger partial charge in [-0.15, -0.1) is 10.2 Å². The van der Waals surface area contributed by atoms with Crippen molar-refractivity contribution >= 4 is 35.0 Å². The molecule has 0 bridgehead atoms. The van der Waals surface area contributed by atoms with Crippen LogP contribution in [0.2, 0.25) is 0 Å². The van der Waals surface area contributed by atoms with Crippen LogP contribution in [-0.2, 0) is 9.59 Å². The molecule has 0 aliphatic carbocycles. The number of para-hydroxylation sites is 2. The maximum absolute atomic E-state index is 13.8. The lowest BCUT2D eigenvalue weighted by Gasteiger charge is -2.13. The molecule has 8 nitrogen and oxygen atoms in total. The Morgan fingerprint density at radius 1 is 0.939 bits per heavy atom. The van der Waals surface area contributed by atoms with Crippen LogP contribution in [0.25, 0.3) is 11.3 Å². The molecule has 3 aromatic rings. The van der Waals surface area contributed by atoms with Gasteiger partial charge in [0.1, 0.15) is 17.3 Å². The zero-order valence-corrected chi connectivity index (χ0v) is 18.8. The number of rotatable bonds is 7. The van der Waals surface area contributed by atoms with E-state index < -0.39 is 34.0 Å². The van der Waals surface area contributed by atoms with Gasteiger partial charge in [-0.1, -0.05) is 49.9 Å². The Labute approximate surface area is 192 Å². The van der Waals surface area contributed by atoms with Crippen LogP contribution in [0, 0.1) is 17.6 Å². The van der Waals surface area contributed by atoms with Gasteiger partial charge in [0.25, 0.3) is 5.56 Å². The Hall–Kier alpha value is -3.60. The average Bonchev–Trinajstić information content (AvgIpc) is 2.77. The van der Waals surface area contributed by atoms with Crippen molar-refractivity contribution in [3.8, 4) is 11.3 Å². The van der Waals surface area contributed by atoms with E-state index in [9.17, 15) is 23.2 Å². The smallest absolute Gasteiger partial charge is 0.278 e. The molecule has 1 unspecified atom stereocenters. The molecule has 0 aliphatic heterocycles. The number of aromatic amines is 1. The third kappa shape index (κ3) is 5.80. The van der Waals surface area contributed by atoms with Gasteiger partial charge in [0.15, 0.2) is 10.9 Å². The van der Waals surface area contributed by atoms with Crippen molar-refractivity contribution in [2.45, 2.75) is 31.2 Å². The molecular weight excluding hydrogens is 452 g/mol. The van der Waals surface area contributed by atoms with Crippen LogP contribution in [0.3, 0.4) is 0 Å². The number of amides is 2. The summed E-state index contributed by atoms with van der Waals surface area (Å²) in [6, 6.07) is 9.92. The summed E-state index contributed by atoms with van der Waals surface area (Å²) in [4.78, 5) is 39.6. The molecule has 0 saturated heterocycles. The monoisotopic (exact) mass is 473 g/mol. The molecule has 3 rings (SSSR count). The quantitative estimate of drug-likeness (QED) is 0.449. The van der Waals surface area contributed by atoms with Gasteiger partial charge in [-0.05, 0) is 25.1 Å². The molecule has 0 fully saturated rings. The number of benzene rings is 2. The maximum Gasteiger partial charge on any atom is 0.278 e. The molecule has 0 spiro atoms. The molecule has 1 heterocycles. The molecule has 172 valence electrons. The summed E-state index contributed by atoms with van der Waals surface area (Å²) in [6.45, 7) is 4.98. The molecule has 0 saturated carbocycles. The highest BCUT2D eigenvalue weighted by Crippen LogP contribution is 2.26. The molecular formula is C22H21F2N5O3S. The summed E-state index contributed by atoms with van der Waals surface area (Å²) in [7, 11) is 0. The van der Waals surface area contributed by atoms with Gasteiger partial charge in [0, 0.05) is 11.5 Å². The van der Waals surface area contributed by atoms with Gasteiger partial charge in [0.2, 0.25) is 11.8 Å². The molecule has 2 aromatic carbocycles. The van der Waals surface area contributed by atoms with Crippen molar-refractivity contribution < 1.29 is 18.4 Å². The van der Waals surface area contributed by atoms with Gasteiger partial charge in [-0.3, -0.25) is 19.4 Å². The second-order valence-corrected chi connectivity index (χ2v) is 8.67. The van der Waals surface area contributed by atoms with E-state index in [4.69, 9.17) is 0 Å². The minimum atomic E-state index is -0.902. The van der Waals surface area contributed by atoms with Crippen LogP contribution in [0.5, 0.6) is 0 Å². The summed E-state index contributed by atoms with van der Waals surface area (Å²) in [5.41, 5.74) is -0.338. The average molecular weight is 474 g/mol. The summed E-state index contributed by atoms with van der Waals surface area (Å²) >= 11 is 0.864. The van der Waals surface area contributed by atoms with Gasteiger partial charge in [-0.2, -0.15) is 0 Å². The summed E-state index contributed by atoms with van der Waals surface area (Å²) < 4.78 is 27.5. The topological polar surface area (TPSA) is 117 Å². The molecule has 0 aliphatic rings. The Kier molecular flexibility index (Phi) is 7.54. The number of H-pyrrole nitrogens is 1. The van der Waals surface area contributed by atoms with Crippen molar-refractivity contribution in [3.05, 3.63) is 64.5 Å². The third-order valence-corrected chi connectivity index (χ3v) is 5.48. The van der Waals surface area contributed by atoms with Crippen LogP contribution < -0.4 is 16.2 Å². The Morgan fingerprint density at radius 2 is 1.61 bits per heavy atom. The number of halogens is 2. The maximum atomic E-state index is 13.8. The summed E-state index contributed by atoms with van der Waals surface area (Å²) in [5.74, 6) is -2.96. The van der Waals surface area contributed by atoms with E-state index in [1.807, 2.05) is 0 Å². The number of carbonyl (C=O) groups is 2. The normalized spacial score (nSPS) is 11.8. The first-order valence-electron chi connectivity index (χ1n) is 9.96. The lowest BCUT2D eigenvalue weighted by Crippen LogP contribution is -2.25. The van der Waals surface area contributed by atoms with Crippen molar-refractivity contribution in [2.24, 2.45) is 5.92 Å². The number of thioether (sulfide) groups is 1. The van der Waals surface area contributed by atoms with E-state index in [1.54, 1.807) is 38.1 Å². The van der Waals surface area contributed by atoms with Crippen LogP contribution in [-0.4, -0.2) is 32.2 Å². The standard InChI is InChI=1S/C22H21F2N5O3S/c1-11(2)19(30)25-16-10-5-4-7-13(16)17-21(32)27-22(29-28-17)33-12(3)20(31)26-18-14(23)8-6-9-15(18)24/h4-12H,1-3H3,(H,25,30)(H,26,31)(H,27,29,32).